The highest BCUT2D eigenvalue weighted by Gasteiger charge is 2.12. The van der Waals surface area contributed by atoms with E-state index in [9.17, 15) is 9.18 Å². The highest BCUT2D eigenvalue weighted by atomic mass is 32.2. The van der Waals surface area contributed by atoms with E-state index in [-0.39, 0.29) is 17.3 Å². The number of rotatable bonds is 6. The Morgan fingerprint density at radius 2 is 2.17 bits per heavy atom. The molecule has 0 aliphatic heterocycles. The maximum atomic E-state index is 13.5. The Labute approximate surface area is 139 Å². The van der Waals surface area contributed by atoms with Crippen LogP contribution < -0.4 is 5.32 Å². The van der Waals surface area contributed by atoms with Crippen molar-refractivity contribution in [3.8, 4) is 0 Å². The molecule has 0 atom stereocenters. The number of benzene rings is 1. The second-order valence-corrected chi connectivity index (χ2v) is 6.49. The minimum atomic E-state index is -0.464. The smallest absolute Gasteiger partial charge is 0.234 e. The lowest BCUT2D eigenvalue weighted by molar-refractivity contribution is -0.113. The summed E-state index contributed by atoms with van der Waals surface area (Å²) in [6.45, 7) is 0.557. The first-order valence-electron chi connectivity index (χ1n) is 6.68. The van der Waals surface area contributed by atoms with Gasteiger partial charge in [-0.05, 0) is 34.0 Å². The van der Waals surface area contributed by atoms with Crippen molar-refractivity contribution in [2.24, 2.45) is 0 Å². The molecule has 3 rings (SSSR count). The van der Waals surface area contributed by atoms with Gasteiger partial charge in [0.1, 0.15) is 5.82 Å². The van der Waals surface area contributed by atoms with Gasteiger partial charge in [-0.2, -0.15) is 0 Å². The zero-order valence-corrected chi connectivity index (χ0v) is 13.5. The number of amides is 1. The fourth-order valence-corrected chi connectivity index (χ4v) is 3.19. The number of carbonyl (C=O) groups excluding carboxylic acids is 1. The lowest BCUT2D eigenvalue weighted by Crippen LogP contribution is -2.15. The Morgan fingerprint density at radius 3 is 2.96 bits per heavy atom. The lowest BCUT2D eigenvalue weighted by atomic mass is 10.3. The molecule has 0 unspecified atom stereocenters. The molecule has 118 valence electrons. The first-order valence-corrected chi connectivity index (χ1v) is 8.54. The topological polar surface area (TPSA) is 72.7 Å². The van der Waals surface area contributed by atoms with Crippen molar-refractivity contribution in [3.63, 3.8) is 0 Å². The molecule has 6 nitrogen and oxygen atoms in total. The fraction of sp³-hybridized carbons (Fsp3) is 0.143. The van der Waals surface area contributed by atoms with Gasteiger partial charge in [0.05, 0.1) is 18.0 Å². The molecular formula is C14H12FN5OS2. The minimum absolute atomic E-state index is 0.0964. The zero-order chi connectivity index (χ0) is 16.1. The molecule has 0 saturated heterocycles. The van der Waals surface area contributed by atoms with E-state index in [2.05, 4.69) is 20.8 Å². The number of hydrogen-bond acceptors (Lipinski definition) is 6. The van der Waals surface area contributed by atoms with E-state index in [1.54, 1.807) is 28.2 Å². The van der Waals surface area contributed by atoms with Gasteiger partial charge in [-0.15, -0.1) is 16.4 Å². The summed E-state index contributed by atoms with van der Waals surface area (Å²) in [6, 6.07) is 9.99. The van der Waals surface area contributed by atoms with Crippen molar-refractivity contribution < 1.29 is 9.18 Å². The van der Waals surface area contributed by atoms with Crippen LogP contribution in [0.25, 0.3) is 0 Å². The van der Waals surface area contributed by atoms with Crippen LogP contribution in [0.3, 0.4) is 0 Å². The monoisotopic (exact) mass is 349 g/mol. The van der Waals surface area contributed by atoms with E-state index in [4.69, 9.17) is 0 Å². The van der Waals surface area contributed by atoms with Crippen LogP contribution in [0, 0.1) is 5.82 Å². The number of thioether (sulfide) groups is 1. The van der Waals surface area contributed by atoms with Gasteiger partial charge in [0.25, 0.3) is 0 Å². The van der Waals surface area contributed by atoms with E-state index >= 15 is 0 Å². The summed E-state index contributed by atoms with van der Waals surface area (Å²) in [7, 11) is 0. The quantitative estimate of drug-likeness (QED) is 0.693. The molecule has 1 aromatic carbocycles. The van der Waals surface area contributed by atoms with Gasteiger partial charge in [-0.25, -0.2) is 9.07 Å². The summed E-state index contributed by atoms with van der Waals surface area (Å²) in [5.41, 5.74) is 0.163. The van der Waals surface area contributed by atoms with Crippen LogP contribution in [0.5, 0.6) is 0 Å². The summed E-state index contributed by atoms with van der Waals surface area (Å²) in [5.74, 6) is -0.682. The molecule has 2 heterocycles. The van der Waals surface area contributed by atoms with E-state index < -0.39 is 5.82 Å². The normalized spacial score (nSPS) is 10.7. The molecule has 0 fully saturated rings. The highest BCUT2D eigenvalue weighted by Crippen LogP contribution is 2.18. The van der Waals surface area contributed by atoms with E-state index in [0.29, 0.717) is 11.7 Å². The summed E-state index contributed by atoms with van der Waals surface area (Å²) in [6.07, 6.45) is 0. The summed E-state index contributed by atoms with van der Waals surface area (Å²) in [5, 5.41) is 16.5. The van der Waals surface area contributed by atoms with Crippen LogP contribution in [0.2, 0.25) is 0 Å². The number of nitrogens with one attached hydrogen (secondary N) is 1. The Hall–Kier alpha value is -2.26. The number of para-hydroxylation sites is 1. The molecule has 1 amide bonds. The predicted octanol–water partition coefficient (Wildman–Crippen LogP) is 2.65. The molecule has 3 aromatic rings. The van der Waals surface area contributed by atoms with E-state index in [0.717, 1.165) is 4.88 Å². The largest absolute Gasteiger partial charge is 0.323 e. The van der Waals surface area contributed by atoms with Gasteiger partial charge in [0.15, 0.2) is 0 Å². The molecule has 0 bridgehead atoms. The molecule has 0 radical (unpaired) electrons. The molecule has 9 heteroatoms. The number of aromatic nitrogens is 4. The number of carbonyl (C=O) groups is 1. The van der Waals surface area contributed by atoms with Gasteiger partial charge in [-0.3, -0.25) is 4.79 Å². The maximum absolute atomic E-state index is 13.5. The maximum Gasteiger partial charge on any atom is 0.234 e. The average molecular weight is 349 g/mol. The molecule has 0 aliphatic carbocycles. The third-order valence-electron chi connectivity index (χ3n) is 2.87. The number of anilines is 1. The van der Waals surface area contributed by atoms with Gasteiger partial charge >= 0.3 is 0 Å². The second kappa shape index (κ2) is 7.34. The Bertz CT molecular complexity index is 790. The number of nitrogens with zero attached hydrogens (tertiary/aromatic N) is 4. The van der Waals surface area contributed by atoms with E-state index in [1.165, 1.54) is 23.9 Å². The molecule has 0 spiro atoms. The molecule has 0 saturated carbocycles. The van der Waals surface area contributed by atoms with Crippen molar-refractivity contribution >= 4 is 34.7 Å². The number of tetrazole rings is 1. The third kappa shape index (κ3) is 4.14. The summed E-state index contributed by atoms with van der Waals surface area (Å²) >= 11 is 2.82. The lowest BCUT2D eigenvalue weighted by Gasteiger charge is -2.06. The number of hydrogen-bond donors (Lipinski definition) is 1. The number of thiophene rings is 1. The Balaban J connectivity index is 1.57. The van der Waals surface area contributed by atoms with Crippen molar-refractivity contribution in [3.05, 3.63) is 52.5 Å². The van der Waals surface area contributed by atoms with E-state index in [1.807, 2.05) is 17.5 Å². The van der Waals surface area contributed by atoms with Gasteiger partial charge < -0.3 is 5.32 Å². The molecule has 2 aromatic heterocycles. The van der Waals surface area contributed by atoms with Crippen LogP contribution in [0.1, 0.15) is 4.88 Å². The fourth-order valence-electron chi connectivity index (χ4n) is 1.83. The van der Waals surface area contributed by atoms with Crippen LogP contribution in [0.4, 0.5) is 10.1 Å². The molecule has 1 N–H and O–H groups in total. The Morgan fingerprint density at radius 1 is 1.30 bits per heavy atom. The summed E-state index contributed by atoms with van der Waals surface area (Å²) in [4.78, 5) is 13.0. The SMILES string of the molecule is O=C(CSc1nnnn1Cc1cccs1)Nc1ccccc1F. The van der Waals surface area contributed by atoms with Crippen molar-refractivity contribution in [2.45, 2.75) is 11.7 Å². The standard InChI is InChI=1S/C14H12FN5OS2/c15-11-5-1-2-6-12(11)16-13(21)9-23-14-17-18-19-20(14)8-10-4-3-7-22-10/h1-7H,8-9H2,(H,16,21). The van der Waals surface area contributed by atoms with Gasteiger partial charge in [-0.1, -0.05) is 30.0 Å². The third-order valence-corrected chi connectivity index (χ3v) is 4.68. The zero-order valence-electron chi connectivity index (χ0n) is 11.8. The van der Waals surface area contributed by atoms with Gasteiger partial charge in [0, 0.05) is 4.88 Å². The van der Waals surface area contributed by atoms with Crippen molar-refractivity contribution in [1.82, 2.24) is 20.2 Å². The summed E-state index contributed by atoms with van der Waals surface area (Å²) < 4.78 is 15.1. The molecule has 23 heavy (non-hydrogen) atoms. The van der Waals surface area contributed by atoms with Crippen molar-refractivity contribution in [2.75, 3.05) is 11.1 Å². The second-order valence-electron chi connectivity index (χ2n) is 4.52. The number of halogens is 1. The van der Waals surface area contributed by atoms with Crippen LogP contribution in [0.15, 0.2) is 46.9 Å². The van der Waals surface area contributed by atoms with Gasteiger partial charge in [0.2, 0.25) is 11.1 Å². The van der Waals surface area contributed by atoms with Crippen LogP contribution in [-0.2, 0) is 11.3 Å². The van der Waals surface area contributed by atoms with Crippen LogP contribution in [-0.4, -0.2) is 31.9 Å². The minimum Gasteiger partial charge on any atom is -0.323 e. The highest BCUT2D eigenvalue weighted by molar-refractivity contribution is 7.99. The van der Waals surface area contributed by atoms with Crippen molar-refractivity contribution in [1.29, 1.82) is 0 Å². The van der Waals surface area contributed by atoms with Crippen LogP contribution >= 0.6 is 23.1 Å². The first-order chi connectivity index (χ1) is 11.2. The molecule has 0 aliphatic rings. The average Bonchev–Trinajstić information content (AvgIpc) is 3.20. The Kier molecular flexibility index (Phi) is 4.99. The predicted molar refractivity (Wildman–Crippen MR) is 87.0 cm³/mol. The first kappa shape index (κ1) is 15.6. The molecular weight excluding hydrogens is 337 g/mol.